The molecule has 0 bridgehead atoms. The van der Waals surface area contributed by atoms with Crippen LogP contribution in [-0.2, 0) is 4.79 Å². The van der Waals surface area contributed by atoms with Crippen molar-refractivity contribution in [2.45, 2.75) is 37.8 Å². The average molecular weight is 315 g/mol. The highest BCUT2D eigenvalue weighted by molar-refractivity contribution is 5.83. The Morgan fingerprint density at radius 3 is 2.39 bits per heavy atom. The van der Waals surface area contributed by atoms with E-state index >= 15 is 0 Å². The molecule has 126 valence electrons. The van der Waals surface area contributed by atoms with Crippen LogP contribution in [-0.4, -0.2) is 55.5 Å². The molecule has 0 radical (unpaired) electrons. The van der Waals surface area contributed by atoms with E-state index in [1.165, 1.54) is 19.4 Å². The van der Waals surface area contributed by atoms with Gasteiger partial charge in [0.25, 0.3) is 0 Å². The van der Waals surface area contributed by atoms with Gasteiger partial charge in [-0.2, -0.15) is 0 Å². The van der Waals surface area contributed by atoms with Crippen LogP contribution in [0.5, 0.6) is 0 Å². The summed E-state index contributed by atoms with van der Waals surface area (Å²) in [6, 6.07) is 10.5. The molecule has 1 aliphatic carbocycles. The molecule has 1 heterocycles. The maximum Gasteiger partial charge on any atom is 0.244 e. The lowest BCUT2D eigenvalue weighted by molar-refractivity contribution is -0.137. The lowest BCUT2D eigenvalue weighted by atomic mass is 10.0. The standard InChI is InChI=1S/C19H29N3O/c1-21(2)18(16-6-4-3-5-7-16)19(23)22-12-10-17(11-13-22)20-14-15-8-9-15/h3-7,15,17-18,20H,8-14H2,1-2H3. The normalized spacial score (nSPS) is 20.7. The fraction of sp³-hybridized carbons (Fsp3) is 0.632. The number of hydrogen-bond donors (Lipinski definition) is 1. The molecule has 1 saturated carbocycles. The van der Waals surface area contributed by atoms with Crippen LogP contribution in [0.15, 0.2) is 30.3 Å². The van der Waals surface area contributed by atoms with Gasteiger partial charge in [-0.1, -0.05) is 30.3 Å². The summed E-state index contributed by atoms with van der Waals surface area (Å²) >= 11 is 0. The highest BCUT2D eigenvalue weighted by Crippen LogP contribution is 2.28. The third-order valence-corrected chi connectivity index (χ3v) is 5.06. The number of nitrogens with one attached hydrogen (secondary N) is 1. The van der Waals surface area contributed by atoms with E-state index in [-0.39, 0.29) is 11.9 Å². The van der Waals surface area contributed by atoms with E-state index in [4.69, 9.17) is 0 Å². The molecule has 23 heavy (non-hydrogen) atoms. The van der Waals surface area contributed by atoms with Crippen LogP contribution in [0.3, 0.4) is 0 Å². The molecule has 1 aromatic rings. The number of amides is 1. The van der Waals surface area contributed by atoms with Crippen molar-refractivity contribution in [3.63, 3.8) is 0 Å². The summed E-state index contributed by atoms with van der Waals surface area (Å²) in [6.07, 6.45) is 4.94. The lowest BCUT2D eigenvalue weighted by Crippen LogP contribution is -2.48. The molecule has 1 atom stereocenters. The van der Waals surface area contributed by atoms with Gasteiger partial charge in [0.15, 0.2) is 0 Å². The molecule has 0 spiro atoms. The maximum atomic E-state index is 13.0. The van der Waals surface area contributed by atoms with Gasteiger partial charge in [-0.05, 0) is 57.8 Å². The number of nitrogens with zero attached hydrogens (tertiary/aromatic N) is 2. The highest BCUT2D eigenvalue weighted by Gasteiger charge is 2.31. The summed E-state index contributed by atoms with van der Waals surface area (Å²) in [7, 11) is 3.97. The third kappa shape index (κ3) is 4.33. The Hall–Kier alpha value is -1.39. The van der Waals surface area contributed by atoms with Crippen molar-refractivity contribution in [2.75, 3.05) is 33.7 Å². The largest absolute Gasteiger partial charge is 0.341 e. The summed E-state index contributed by atoms with van der Waals surface area (Å²) < 4.78 is 0. The number of hydrogen-bond acceptors (Lipinski definition) is 3. The van der Waals surface area contributed by atoms with Crippen molar-refractivity contribution in [2.24, 2.45) is 5.92 Å². The van der Waals surface area contributed by atoms with Crippen molar-refractivity contribution in [1.82, 2.24) is 15.1 Å². The molecule has 4 heteroatoms. The van der Waals surface area contributed by atoms with Crippen molar-refractivity contribution in [1.29, 1.82) is 0 Å². The zero-order chi connectivity index (χ0) is 16.2. The first-order valence-electron chi connectivity index (χ1n) is 8.88. The minimum Gasteiger partial charge on any atom is -0.341 e. The minimum absolute atomic E-state index is 0.174. The van der Waals surface area contributed by atoms with E-state index in [0.717, 1.165) is 37.4 Å². The van der Waals surface area contributed by atoms with Gasteiger partial charge in [0.2, 0.25) is 5.91 Å². The molecule has 2 fully saturated rings. The van der Waals surface area contributed by atoms with Gasteiger partial charge in [-0.3, -0.25) is 9.69 Å². The maximum absolute atomic E-state index is 13.0. The molecule has 1 N–H and O–H groups in total. The second-order valence-corrected chi connectivity index (χ2v) is 7.23. The second kappa shape index (κ2) is 7.45. The van der Waals surface area contributed by atoms with Gasteiger partial charge >= 0.3 is 0 Å². The van der Waals surface area contributed by atoms with Crippen molar-refractivity contribution < 1.29 is 4.79 Å². The van der Waals surface area contributed by atoms with Gasteiger partial charge < -0.3 is 10.2 Å². The van der Waals surface area contributed by atoms with E-state index in [2.05, 4.69) is 5.32 Å². The second-order valence-electron chi connectivity index (χ2n) is 7.23. The smallest absolute Gasteiger partial charge is 0.244 e. The lowest BCUT2D eigenvalue weighted by Gasteiger charge is -2.36. The first kappa shape index (κ1) is 16.5. The average Bonchev–Trinajstić information content (AvgIpc) is 3.38. The van der Waals surface area contributed by atoms with E-state index in [1.807, 2.05) is 54.2 Å². The third-order valence-electron chi connectivity index (χ3n) is 5.06. The summed E-state index contributed by atoms with van der Waals surface area (Å²) in [5.74, 6) is 1.16. The van der Waals surface area contributed by atoms with Gasteiger partial charge in [0.1, 0.15) is 6.04 Å². The predicted molar refractivity (Wildman–Crippen MR) is 93.2 cm³/mol. The molecule has 1 amide bonds. The zero-order valence-corrected chi connectivity index (χ0v) is 14.4. The monoisotopic (exact) mass is 315 g/mol. The van der Waals surface area contributed by atoms with Crippen LogP contribution in [0.1, 0.15) is 37.3 Å². The van der Waals surface area contributed by atoms with Gasteiger partial charge in [0, 0.05) is 19.1 Å². The van der Waals surface area contributed by atoms with Gasteiger partial charge in [0.05, 0.1) is 0 Å². The molecule has 1 aliphatic heterocycles. The summed E-state index contributed by atoms with van der Waals surface area (Å²) in [6.45, 7) is 2.92. The number of piperidine rings is 1. The van der Waals surface area contributed by atoms with E-state index in [9.17, 15) is 4.79 Å². The first-order valence-corrected chi connectivity index (χ1v) is 8.88. The molecule has 3 rings (SSSR count). The van der Waals surface area contributed by atoms with Crippen LogP contribution < -0.4 is 5.32 Å². The first-order chi connectivity index (χ1) is 11.1. The van der Waals surface area contributed by atoms with E-state index in [0.29, 0.717) is 6.04 Å². The van der Waals surface area contributed by atoms with Crippen LogP contribution in [0.4, 0.5) is 0 Å². The topological polar surface area (TPSA) is 35.6 Å². The van der Waals surface area contributed by atoms with Crippen molar-refractivity contribution in [3.8, 4) is 0 Å². The Balaban J connectivity index is 1.56. The quantitative estimate of drug-likeness (QED) is 0.875. The Morgan fingerprint density at radius 1 is 1.17 bits per heavy atom. The fourth-order valence-corrected chi connectivity index (χ4v) is 3.43. The number of carbonyl (C=O) groups is 1. The Labute approximate surface area is 139 Å². The molecule has 0 aromatic heterocycles. The Kier molecular flexibility index (Phi) is 5.34. The van der Waals surface area contributed by atoms with Crippen LogP contribution in [0.2, 0.25) is 0 Å². The number of benzene rings is 1. The SMILES string of the molecule is CN(C)C(C(=O)N1CCC(NCC2CC2)CC1)c1ccccc1. The molecular weight excluding hydrogens is 286 g/mol. The molecule has 4 nitrogen and oxygen atoms in total. The minimum atomic E-state index is -0.174. The molecule has 1 unspecified atom stereocenters. The summed E-state index contributed by atoms with van der Waals surface area (Å²) in [5, 5.41) is 3.68. The highest BCUT2D eigenvalue weighted by atomic mass is 16.2. The zero-order valence-electron chi connectivity index (χ0n) is 14.4. The Bertz CT molecular complexity index is 505. The molecule has 2 aliphatic rings. The van der Waals surface area contributed by atoms with Crippen LogP contribution in [0, 0.1) is 5.92 Å². The van der Waals surface area contributed by atoms with Crippen molar-refractivity contribution >= 4 is 5.91 Å². The van der Waals surface area contributed by atoms with Crippen molar-refractivity contribution in [3.05, 3.63) is 35.9 Å². The van der Waals surface area contributed by atoms with E-state index < -0.39 is 0 Å². The fourth-order valence-electron chi connectivity index (χ4n) is 3.43. The van der Waals surface area contributed by atoms with Crippen LogP contribution in [0.25, 0.3) is 0 Å². The number of likely N-dealkylation sites (tertiary alicyclic amines) is 1. The summed E-state index contributed by atoms with van der Waals surface area (Å²) in [4.78, 5) is 17.1. The number of likely N-dealkylation sites (N-methyl/N-ethyl adjacent to an activating group) is 1. The summed E-state index contributed by atoms with van der Waals surface area (Å²) in [5.41, 5.74) is 1.08. The molecular formula is C19H29N3O. The number of carbonyl (C=O) groups excluding carboxylic acids is 1. The van der Waals surface area contributed by atoms with Gasteiger partial charge in [-0.25, -0.2) is 0 Å². The van der Waals surface area contributed by atoms with E-state index in [1.54, 1.807) is 0 Å². The van der Waals surface area contributed by atoms with Crippen LogP contribution >= 0.6 is 0 Å². The Morgan fingerprint density at radius 2 is 1.83 bits per heavy atom. The molecule has 1 aromatic carbocycles. The number of rotatable bonds is 6. The predicted octanol–water partition coefficient (Wildman–Crippen LogP) is 2.28. The van der Waals surface area contributed by atoms with Gasteiger partial charge in [-0.15, -0.1) is 0 Å². The molecule has 1 saturated heterocycles.